The molecule has 2 amide bonds. The molecule has 0 saturated carbocycles. The summed E-state index contributed by atoms with van der Waals surface area (Å²) >= 11 is 0. The zero-order valence-corrected chi connectivity index (χ0v) is 9.54. The first kappa shape index (κ1) is 13.2. The molecule has 0 atom stereocenters. The molecule has 1 aliphatic rings. The molecular weight excluding hydrogens is 265 g/mol. The van der Waals surface area contributed by atoms with Gasteiger partial charge in [-0.15, -0.1) is 0 Å². The van der Waals surface area contributed by atoms with Crippen LogP contribution in [0.4, 0.5) is 13.2 Å². The first-order chi connectivity index (χ1) is 8.91. The number of piperazine rings is 1. The molecule has 0 radical (unpaired) electrons. The minimum atomic E-state index is -1.76. The number of benzene rings is 1. The molecule has 19 heavy (non-hydrogen) atoms. The molecule has 1 fully saturated rings. The van der Waals surface area contributed by atoms with Crippen LogP contribution in [-0.4, -0.2) is 41.5 Å². The van der Waals surface area contributed by atoms with Crippen LogP contribution in [0, 0.1) is 17.5 Å². The number of hydrogen-bond donors (Lipinski definition) is 2. The van der Waals surface area contributed by atoms with Gasteiger partial charge in [-0.1, -0.05) is 0 Å². The molecule has 5 nitrogen and oxygen atoms in total. The van der Waals surface area contributed by atoms with Gasteiger partial charge in [0.1, 0.15) is 0 Å². The molecule has 8 heteroatoms. The van der Waals surface area contributed by atoms with Crippen LogP contribution in [0.5, 0.6) is 5.75 Å². The SMILES string of the molecule is O=C1CN(C(=O)c2cc(F)c(F)c(O)c2F)CCN1. The van der Waals surface area contributed by atoms with Gasteiger partial charge >= 0.3 is 0 Å². The lowest BCUT2D eigenvalue weighted by Crippen LogP contribution is -2.50. The number of amides is 2. The van der Waals surface area contributed by atoms with Crippen LogP contribution < -0.4 is 5.32 Å². The van der Waals surface area contributed by atoms with E-state index in [0.29, 0.717) is 6.07 Å². The van der Waals surface area contributed by atoms with E-state index in [9.17, 15) is 22.8 Å². The minimum absolute atomic E-state index is 0.115. The number of halogens is 3. The Balaban J connectivity index is 2.36. The maximum absolute atomic E-state index is 13.5. The van der Waals surface area contributed by atoms with E-state index in [1.54, 1.807) is 0 Å². The number of carbonyl (C=O) groups is 2. The fourth-order valence-corrected chi connectivity index (χ4v) is 1.73. The molecule has 1 aromatic carbocycles. The number of carbonyl (C=O) groups excluding carboxylic acids is 2. The van der Waals surface area contributed by atoms with Crippen LogP contribution in [0.1, 0.15) is 10.4 Å². The first-order valence-electron chi connectivity index (χ1n) is 5.34. The van der Waals surface area contributed by atoms with Crippen molar-refractivity contribution in [3.05, 3.63) is 29.1 Å². The fourth-order valence-electron chi connectivity index (χ4n) is 1.73. The van der Waals surface area contributed by atoms with Crippen molar-refractivity contribution in [1.82, 2.24) is 10.2 Å². The number of aromatic hydroxyl groups is 1. The summed E-state index contributed by atoms with van der Waals surface area (Å²) in [7, 11) is 0. The Labute approximate surface area is 105 Å². The van der Waals surface area contributed by atoms with Crippen molar-refractivity contribution in [1.29, 1.82) is 0 Å². The smallest absolute Gasteiger partial charge is 0.257 e. The largest absolute Gasteiger partial charge is 0.503 e. The van der Waals surface area contributed by atoms with Gasteiger partial charge in [-0.2, -0.15) is 4.39 Å². The van der Waals surface area contributed by atoms with Crippen molar-refractivity contribution in [3.63, 3.8) is 0 Å². The Bertz CT molecular complexity index is 563. The zero-order valence-electron chi connectivity index (χ0n) is 9.54. The van der Waals surface area contributed by atoms with Crippen LogP contribution in [0.3, 0.4) is 0 Å². The molecule has 102 valence electrons. The zero-order chi connectivity index (χ0) is 14.2. The highest BCUT2D eigenvalue weighted by Crippen LogP contribution is 2.26. The Morgan fingerprint density at radius 1 is 1.32 bits per heavy atom. The standard InChI is InChI=1S/C11H9F3N2O3/c12-6-3-5(8(13)10(18)9(6)14)11(19)16-2-1-15-7(17)4-16/h3,18H,1-2,4H2,(H,15,17). The van der Waals surface area contributed by atoms with Gasteiger partial charge in [-0.3, -0.25) is 9.59 Å². The van der Waals surface area contributed by atoms with E-state index in [1.165, 1.54) is 0 Å². The topological polar surface area (TPSA) is 69.6 Å². The summed E-state index contributed by atoms with van der Waals surface area (Å²) in [5.41, 5.74) is -0.814. The molecule has 0 bridgehead atoms. The van der Waals surface area contributed by atoms with E-state index >= 15 is 0 Å². The number of hydrogen-bond acceptors (Lipinski definition) is 3. The van der Waals surface area contributed by atoms with E-state index in [1.807, 2.05) is 0 Å². The van der Waals surface area contributed by atoms with E-state index in [-0.39, 0.29) is 19.6 Å². The Kier molecular flexibility index (Phi) is 3.32. The van der Waals surface area contributed by atoms with E-state index in [2.05, 4.69) is 5.32 Å². The van der Waals surface area contributed by atoms with Gasteiger partial charge in [0.2, 0.25) is 11.7 Å². The summed E-state index contributed by atoms with van der Waals surface area (Å²) in [6.07, 6.45) is 0. The van der Waals surface area contributed by atoms with E-state index in [0.717, 1.165) is 4.90 Å². The Morgan fingerprint density at radius 3 is 2.63 bits per heavy atom. The third kappa shape index (κ3) is 2.33. The molecule has 0 unspecified atom stereocenters. The Morgan fingerprint density at radius 2 is 2.00 bits per heavy atom. The van der Waals surface area contributed by atoms with Crippen LogP contribution in [0.2, 0.25) is 0 Å². The van der Waals surface area contributed by atoms with Gasteiger partial charge in [0, 0.05) is 13.1 Å². The van der Waals surface area contributed by atoms with E-state index in [4.69, 9.17) is 5.11 Å². The maximum Gasteiger partial charge on any atom is 0.257 e. The average molecular weight is 274 g/mol. The lowest BCUT2D eigenvalue weighted by atomic mass is 10.1. The highest BCUT2D eigenvalue weighted by atomic mass is 19.2. The first-order valence-corrected chi connectivity index (χ1v) is 5.34. The summed E-state index contributed by atoms with van der Waals surface area (Å²) in [4.78, 5) is 24.0. The van der Waals surface area contributed by atoms with Gasteiger partial charge in [-0.05, 0) is 6.07 Å². The molecule has 0 spiro atoms. The quantitative estimate of drug-likeness (QED) is 0.727. The van der Waals surface area contributed by atoms with Crippen molar-refractivity contribution in [2.24, 2.45) is 0 Å². The third-order valence-corrected chi connectivity index (χ3v) is 2.69. The number of phenols is 1. The van der Waals surface area contributed by atoms with Gasteiger partial charge in [0.15, 0.2) is 17.4 Å². The van der Waals surface area contributed by atoms with Gasteiger partial charge in [0.25, 0.3) is 5.91 Å². The van der Waals surface area contributed by atoms with Crippen LogP contribution in [0.15, 0.2) is 6.07 Å². The number of nitrogens with zero attached hydrogens (tertiary/aromatic N) is 1. The van der Waals surface area contributed by atoms with Crippen LogP contribution >= 0.6 is 0 Å². The number of nitrogens with one attached hydrogen (secondary N) is 1. The molecule has 1 aromatic rings. The number of phenolic OH excluding ortho intramolecular Hbond substituents is 1. The number of rotatable bonds is 1. The fraction of sp³-hybridized carbons (Fsp3) is 0.273. The lowest BCUT2D eigenvalue weighted by molar-refractivity contribution is -0.123. The third-order valence-electron chi connectivity index (χ3n) is 2.69. The van der Waals surface area contributed by atoms with Crippen LogP contribution in [-0.2, 0) is 4.79 Å². The maximum atomic E-state index is 13.5. The molecule has 0 aliphatic carbocycles. The predicted molar refractivity (Wildman–Crippen MR) is 56.9 cm³/mol. The highest BCUT2D eigenvalue weighted by Gasteiger charge is 2.28. The second-order valence-corrected chi connectivity index (χ2v) is 3.96. The Hall–Kier alpha value is -2.25. The average Bonchev–Trinajstić information content (AvgIpc) is 2.40. The van der Waals surface area contributed by atoms with Crippen molar-refractivity contribution in [2.45, 2.75) is 0 Å². The van der Waals surface area contributed by atoms with Crippen LogP contribution in [0.25, 0.3) is 0 Å². The van der Waals surface area contributed by atoms with Crippen molar-refractivity contribution < 1.29 is 27.9 Å². The molecule has 2 N–H and O–H groups in total. The lowest BCUT2D eigenvalue weighted by Gasteiger charge is -2.26. The highest BCUT2D eigenvalue weighted by molar-refractivity contribution is 5.97. The molecule has 2 rings (SSSR count). The molecule has 1 saturated heterocycles. The van der Waals surface area contributed by atoms with Gasteiger partial charge in [0.05, 0.1) is 12.1 Å². The molecule has 1 aliphatic heterocycles. The molecular formula is C11H9F3N2O3. The summed E-state index contributed by atoms with van der Waals surface area (Å²) in [6.45, 7) is -0.0103. The van der Waals surface area contributed by atoms with Crippen molar-refractivity contribution in [2.75, 3.05) is 19.6 Å². The second-order valence-electron chi connectivity index (χ2n) is 3.96. The summed E-state index contributed by atoms with van der Waals surface area (Å²) in [5, 5.41) is 11.5. The summed E-state index contributed by atoms with van der Waals surface area (Å²) in [5.74, 6) is -7.82. The summed E-state index contributed by atoms with van der Waals surface area (Å²) in [6, 6.07) is 0.360. The molecule has 1 heterocycles. The van der Waals surface area contributed by atoms with Crippen molar-refractivity contribution in [3.8, 4) is 5.75 Å². The van der Waals surface area contributed by atoms with Gasteiger partial charge in [-0.25, -0.2) is 8.78 Å². The normalized spacial score (nSPS) is 15.3. The molecule has 0 aromatic heterocycles. The minimum Gasteiger partial charge on any atom is -0.503 e. The van der Waals surface area contributed by atoms with E-state index < -0.39 is 40.6 Å². The predicted octanol–water partition coefficient (Wildman–Crippen LogP) is 0.382. The monoisotopic (exact) mass is 274 g/mol. The summed E-state index contributed by atoms with van der Waals surface area (Å²) < 4.78 is 39.5. The van der Waals surface area contributed by atoms with Crippen molar-refractivity contribution >= 4 is 11.8 Å². The van der Waals surface area contributed by atoms with Gasteiger partial charge < -0.3 is 15.3 Å². The second kappa shape index (κ2) is 4.79.